The highest BCUT2D eigenvalue weighted by molar-refractivity contribution is 6.04. The number of carbonyl (C=O) groups excluding carboxylic acids is 1. The second kappa shape index (κ2) is 5.87. The molecule has 2 rings (SSSR count). The van der Waals surface area contributed by atoms with Crippen molar-refractivity contribution in [1.29, 1.82) is 0 Å². The molecule has 4 N–H and O–H groups in total. The standard InChI is InChI=1S/C13H14N4O3/c1-2-20-10-6-8(5-9(14)7-10)13(19)15-11-3-4-12(18)17-16-11/h3-7H,2,14H2,1H3,(H,17,18)(H,15,16,19). The summed E-state index contributed by atoms with van der Waals surface area (Å²) >= 11 is 0. The van der Waals surface area contributed by atoms with Crippen molar-refractivity contribution >= 4 is 17.4 Å². The summed E-state index contributed by atoms with van der Waals surface area (Å²) in [6.45, 7) is 2.32. The predicted molar refractivity (Wildman–Crippen MR) is 74.8 cm³/mol. The first-order valence-electron chi connectivity index (χ1n) is 5.99. The fraction of sp³-hybridized carbons (Fsp3) is 0.154. The second-order valence-corrected chi connectivity index (χ2v) is 3.98. The Morgan fingerprint density at radius 3 is 2.85 bits per heavy atom. The summed E-state index contributed by atoms with van der Waals surface area (Å²) in [5.74, 6) is 0.375. The van der Waals surface area contributed by atoms with Gasteiger partial charge in [0, 0.05) is 23.4 Å². The van der Waals surface area contributed by atoms with E-state index in [1.54, 1.807) is 12.1 Å². The van der Waals surface area contributed by atoms with Gasteiger partial charge in [0.2, 0.25) is 0 Å². The van der Waals surface area contributed by atoms with Crippen molar-refractivity contribution in [3.63, 3.8) is 0 Å². The molecule has 0 unspecified atom stereocenters. The van der Waals surface area contributed by atoms with E-state index >= 15 is 0 Å². The molecule has 104 valence electrons. The number of nitrogen functional groups attached to an aromatic ring is 1. The number of ether oxygens (including phenoxy) is 1. The Labute approximate surface area is 114 Å². The summed E-state index contributed by atoms with van der Waals surface area (Å²) in [4.78, 5) is 22.9. The maximum atomic E-state index is 12.1. The van der Waals surface area contributed by atoms with Crippen LogP contribution in [0.2, 0.25) is 0 Å². The van der Waals surface area contributed by atoms with Gasteiger partial charge in [0.15, 0.2) is 5.82 Å². The SMILES string of the molecule is CCOc1cc(N)cc(C(=O)Nc2ccc(=O)[nH]n2)c1. The van der Waals surface area contributed by atoms with E-state index in [1.165, 1.54) is 18.2 Å². The molecule has 0 aliphatic rings. The topological polar surface area (TPSA) is 110 Å². The molecular formula is C13H14N4O3. The molecule has 7 heteroatoms. The van der Waals surface area contributed by atoms with E-state index in [9.17, 15) is 9.59 Å². The Kier molecular flexibility index (Phi) is 3.99. The fourth-order valence-corrected chi connectivity index (χ4v) is 1.61. The number of nitrogens with one attached hydrogen (secondary N) is 2. The van der Waals surface area contributed by atoms with E-state index in [1.807, 2.05) is 6.92 Å². The van der Waals surface area contributed by atoms with Gasteiger partial charge in [-0.05, 0) is 25.1 Å². The smallest absolute Gasteiger partial charge is 0.264 e. The molecule has 2 aromatic rings. The summed E-state index contributed by atoms with van der Waals surface area (Å²) in [6, 6.07) is 7.43. The first kappa shape index (κ1) is 13.6. The quantitative estimate of drug-likeness (QED) is 0.720. The number of anilines is 2. The number of hydrogen-bond donors (Lipinski definition) is 3. The lowest BCUT2D eigenvalue weighted by Gasteiger charge is -2.08. The van der Waals surface area contributed by atoms with Crippen LogP contribution >= 0.6 is 0 Å². The van der Waals surface area contributed by atoms with Gasteiger partial charge in [0.25, 0.3) is 11.5 Å². The van der Waals surface area contributed by atoms with Crippen molar-refractivity contribution in [3.8, 4) is 5.75 Å². The Morgan fingerprint density at radius 2 is 2.20 bits per heavy atom. The van der Waals surface area contributed by atoms with Crippen LogP contribution in [0.5, 0.6) is 5.75 Å². The molecule has 20 heavy (non-hydrogen) atoms. The molecule has 1 heterocycles. The average molecular weight is 274 g/mol. The van der Waals surface area contributed by atoms with Crippen LogP contribution in [0.25, 0.3) is 0 Å². The number of rotatable bonds is 4. The molecule has 0 aliphatic heterocycles. The van der Waals surface area contributed by atoms with Crippen molar-refractivity contribution in [2.24, 2.45) is 0 Å². The molecule has 0 saturated carbocycles. The molecule has 0 saturated heterocycles. The van der Waals surface area contributed by atoms with Crippen LogP contribution in [0.1, 0.15) is 17.3 Å². The van der Waals surface area contributed by atoms with Gasteiger partial charge < -0.3 is 15.8 Å². The molecule has 0 aliphatic carbocycles. The van der Waals surface area contributed by atoms with Crippen LogP contribution in [0.3, 0.4) is 0 Å². The van der Waals surface area contributed by atoms with Crippen molar-refractivity contribution < 1.29 is 9.53 Å². The number of nitrogens with two attached hydrogens (primary N) is 1. The van der Waals surface area contributed by atoms with E-state index in [-0.39, 0.29) is 11.4 Å². The van der Waals surface area contributed by atoms with Crippen LogP contribution < -0.4 is 21.3 Å². The number of hydrogen-bond acceptors (Lipinski definition) is 5. The lowest BCUT2D eigenvalue weighted by molar-refractivity contribution is 0.102. The number of H-pyrrole nitrogens is 1. The van der Waals surface area contributed by atoms with E-state index < -0.39 is 5.91 Å². The minimum absolute atomic E-state index is 0.245. The first-order chi connectivity index (χ1) is 9.58. The second-order valence-electron chi connectivity index (χ2n) is 3.98. The maximum Gasteiger partial charge on any atom is 0.264 e. The number of benzene rings is 1. The van der Waals surface area contributed by atoms with Gasteiger partial charge in [-0.3, -0.25) is 9.59 Å². The van der Waals surface area contributed by atoms with Crippen molar-refractivity contribution in [2.75, 3.05) is 17.7 Å². The Balaban J connectivity index is 2.20. The third kappa shape index (κ3) is 3.35. The zero-order valence-electron chi connectivity index (χ0n) is 10.8. The molecule has 7 nitrogen and oxygen atoms in total. The van der Waals surface area contributed by atoms with E-state index in [0.717, 1.165) is 0 Å². The van der Waals surface area contributed by atoms with Crippen LogP contribution in [0, 0.1) is 0 Å². The molecule has 1 amide bonds. The molecule has 0 fully saturated rings. The minimum atomic E-state index is -0.391. The third-order valence-corrected chi connectivity index (χ3v) is 2.42. The zero-order valence-corrected chi connectivity index (χ0v) is 10.8. The van der Waals surface area contributed by atoms with Gasteiger partial charge >= 0.3 is 0 Å². The van der Waals surface area contributed by atoms with Gasteiger partial charge in [0.1, 0.15) is 5.75 Å². The van der Waals surface area contributed by atoms with Gasteiger partial charge in [-0.1, -0.05) is 0 Å². The number of nitrogens with zero attached hydrogens (tertiary/aromatic N) is 1. The summed E-state index contributed by atoms with van der Waals surface area (Å²) in [5, 5.41) is 8.47. The van der Waals surface area contributed by atoms with E-state index in [0.29, 0.717) is 23.6 Å². The Hall–Kier alpha value is -2.83. The lowest BCUT2D eigenvalue weighted by Crippen LogP contribution is -2.16. The van der Waals surface area contributed by atoms with Gasteiger partial charge in [-0.25, -0.2) is 5.10 Å². The molecular weight excluding hydrogens is 260 g/mol. The van der Waals surface area contributed by atoms with Crippen LogP contribution in [0.15, 0.2) is 35.1 Å². The summed E-state index contributed by atoms with van der Waals surface area (Å²) in [5.41, 5.74) is 6.15. The van der Waals surface area contributed by atoms with Crippen LogP contribution in [-0.4, -0.2) is 22.7 Å². The highest BCUT2D eigenvalue weighted by Gasteiger charge is 2.09. The molecule has 0 bridgehead atoms. The van der Waals surface area contributed by atoms with Crippen molar-refractivity contribution in [2.45, 2.75) is 6.92 Å². The zero-order chi connectivity index (χ0) is 14.5. The summed E-state index contributed by atoms with van der Waals surface area (Å²) in [6.07, 6.45) is 0. The number of aromatic nitrogens is 2. The summed E-state index contributed by atoms with van der Waals surface area (Å²) < 4.78 is 5.32. The van der Waals surface area contributed by atoms with Gasteiger partial charge in [-0.2, -0.15) is 5.10 Å². The van der Waals surface area contributed by atoms with Crippen LogP contribution in [0.4, 0.5) is 11.5 Å². The lowest BCUT2D eigenvalue weighted by atomic mass is 10.1. The number of aromatic amines is 1. The largest absolute Gasteiger partial charge is 0.494 e. The Bertz CT molecular complexity index is 661. The van der Waals surface area contributed by atoms with Gasteiger partial charge in [0.05, 0.1) is 6.61 Å². The Morgan fingerprint density at radius 1 is 1.40 bits per heavy atom. The summed E-state index contributed by atoms with van der Waals surface area (Å²) in [7, 11) is 0. The molecule has 0 radical (unpaired) electrons. The highest BCUT2D eigenvalue weighted by atomic mass is 16.5. The molecule has 1 aromatic carbocycles. The first-order valence-corrected chi connectivity index (χ1v) is 5.99. The monoisotopic (exact) mass is 274 g/mol. The number of carbonyl (C=O) groups is 1. The maximum absolute atomic E-state index is 12.1. The normalized spacial score (nSPS) is 10.1. The molecule has 0 spiro atoms. The van der Waals surface area contributed by atoms with E-state index in [4.69, 9.17) is 10.5 Å². The third-order valence-electron chi connectivity index (χ3n) is 2.42. The number of amides is 1. The van der Waals surface area contributed by atoms with Crippen molar-refractivity contribution in [1.82, 2.24) is 10.2 Å². The predicted octanol–water partition coefficient (Wildman–Crippen LogP) is 1.00. The highest BCUT2D eigenvalue weighted by Crippen LogP contribution is 2.19. The van der Waals surface area contributed by atoms with Gasteiger partial charge in [-0.15, -0.1) is 0 Å². The molecule has 0 atom stereocenters. The average Bonchev–Trinajstić information content (AvgIpc) is 2.41. The van der Waals surface area contributed by atoms with E-state index in [2.05, 4.69) is 15.5 Å². The van der Waals surface area contributed by atoms with Crippen LogP contribution in [-0.2, 0) is 0 Å². The fourth-order valence-electron chi connectivity index (χ4n) is 1.61. The van der Waals surface area contributed by atoms with Crippen molar-refractivity contribution in [3.05, 3.63) is 46.2 Å². The molecule has 1 aromatic heterocycles. The minimum Gasteiger partial charge on any atom is -0.494 e.